The SMILES string of the molecule is CC(C)n1c(=O)c2sccc2n(CC(=O)N2CCC(C(N)=O)CC2)c1=O. The van der Waals surface area contributed by atoms with Crippen LogP contribution in [0.25, 0.3) is 10.2 Å². The molecule has 0 saturated carbocycles. The first-order valence-corrected chi connectivity index (χ1v) is 9.49. The van der Waals surface area contributed by atoms with Crippen LogP contribution in [-0.2, 0) is 16.1 Å². The minimum Gasteiger partial charge on any atom is -0.369 e. The lowest BCUT2D eigenvalue weighted by Gasteiger charge is -2.30. The minimum atomic E-state index is -0.476. The van der Waals surface area contributed by atoms with Gasteiger partial charge in [-0.25, -0.2) is 4.79 Å². The van der Waals surface area contributed by atoms with Crippen LogP contribution in [0.3, 0.4) is 0 Å². The Morgan fingerprint density at radius 1 is 1.27 bits per heavy atom. The Morgan fingerprint density at radius 2 is 1.92 bits per heavy atom. The topological polar surface area (TPSA) is 107 Å². The molecule has 9 heteroatoms. The van der Waals surface area contributed by atoms with Crippen LogP contribution in [0.2, 0.25) is 0 Å². The van der Waals surface area contributed by atoms with Crippen LogP contribution >= 0.6 is 11.3 Å². The Labute approximate surface area is 153 Å². The van der Waals surface area contributed by atoms with E-state index in [-0.39, 0.29) is 35.9 Å². The number of likely N-dealkylation sites (tertiary alicyclic amines) is 1. The zero-order chi connectivity index (χ0) is 19.0. The number of hydrogen-bond donors (Lipinski definition) is 1. The van der Waals surface area contributed by atoms with Crippen molar-refractivity contribution >= 4 is 33.4 Å². The van der Waals surface area contributed by atoms with Crippen LogP contribution in [0.5, 0.6) is 0 Å². The van der Waals surface area contributed by atoms with Gasteiger partial charge in [0.05, 0.1) is 5.52 Å². The number of thiophene rings is 1. The molecule has 1 fully saturated rings. The molecule has 8 nitrogen and oxygen atoms in total. The highest BCUT2D eigenvalue weighted by atomic mass is 32.1. The molecule has 0 unspecified atom stereocenters. The van der Waals surface area contributed by atoms with Crippen LogP contribution in [0, 0.1) is 5.92 Å². The van der Waals surface area contributed by atoms with Crippen LogP contribution in [0.15, 0.2) is 21.0 Å². The van der Waals surface area contributed by atoms with E-state index in [1.54, 1.807) is 30.2 Å². The predicted octanol–water partition coefficient (Wildman–Crippen LogP) is 0.530. The lowest BCUT2D eigenvalue weighted by atomic mass is 9.96. The van der Waals surface area contributed by atoms with Gasteiger partial charge in [0.15, 0.2) is 0 Å². The summed E-state index contributed by atoms with van der Waals surface area (Å²) >= 11 is 1.27. The first-order chi connectivity index (χ1) is 12.3. The van der Waals surface area contributed by atoms with E-state index >= 15 is 0 Å². The van der Waals surface area contributed by atoms with E-state index in [0.29, 0.717) is 36.1 Å². The quantitative estimate of drug-likeness (QED) is 0.837. The fourth-order valence-corrected chi connectivity index (χ4v) is 4.19. The first-order valence-electron chi connectivity index (χ1n) is 8.61. The predicted molar refractivity (Wildman–Crippen MR) is 99.2 cm³/mol. The van der Waals surface area contributed by atoms with Crippen molar-refractivity contribution in [2.75, 3.05) is 13.1 Å². The molecule has 1 aliphatic rings. The van der Waals surface area contributed by atoms with Gasteiger partial charge in [-0.1, -0.05) is 0 Å². The molecule has 0 aromatic carbocycles. The van der Waals surface area contributed by atoms with Crippen molar-refractivity contribution < 1.29 is 9.59 Å². The third-order valence-electron chi connectivity index (χ3n) is 4.85. The molecule has 0 atom stereocenters. The first kappa shape index (κ1) is 18.4. The second kappa shape index (κ2) is 7.06. The molecular weight excluding hydrogens is 356 g/mol. The average Bonchev–Trinajstić information content (AvgIpc) is 3.08. The maximum Gasteiger partial charge on any atom is 0.332 e. The lowest BCUT2D eigenvalue weighted by Crippen LogP contribution is -2.46. The van der Waals surface area contributed by atoms with Gasteiger partial charge in [-0.15, -0.1) is 11.3 Å². The van der Waals surface area contributed by atoms with Crippen LogP contribution in [0.1, 0.15) is 32.7 Å². The highest BCUT2D eigenvalue weighted by Crippen LogP contribution is 2.19. The molecule has 2 amide bonds. The smallest absolute Gasteiger partial charge is 0.332 e. The number of amides is 2. The number of piperidine rings is 1. The molecule has 3 heterocycles. The van der Waals surface area contributed by atoms with Crippen LogP contribution in [0.4, 0.5) is 0 Å². The van der Waals surface area contributed by atoms with Gasteiger partial charge in [-0.2, -0.15) is 0 Å². The van der Waals surface area contributed by atoms with Crippen molar-refractivity contribution in [3.63, 3.8) is 0 Å². The fraction of sp³-hybridized carbons (Fsp3) is 0.529. The molecule has 2 aromatic heterocycles. The Hall–Kier alpha value is -2.42. The second-order valence-corrected chi connectivity index (χ2v) is 7.75. The molecule has 0 bridgehead atoms. The molecule has 3 rings (SSSR count). The molecule has 0 aliphatic carbocycles. The van der Waals surface area contributed by atoms with E-state index in [1.807, 2.05) is 0 Å². The van der Waals surface area contributed by atoms with Gasteiger partial charge in [0, 0.05) is 25.0 Å². The van der Waals surface area contributed by atoms with E-state index in [1.165, 1.54) is 20.5 Å². The molecule has 2 aromatic rings. The number of aromatic nitrogens is 2. The van der Waals surface area contributed by atoms with Gasteiger partial charge in [-0.05, 0) is 38.1 Å². The minimum absolute atomic E-state index is 0.125. The van der Waals surface area contributed by atoms with Gasteiger partial charge >= 0.3 is 5.69 Å². The highest BCUT2D eigenvalue weighted by molar-refractivity contribution is 7.17. The molecular formula is C17H22N4O4S. The summed E-state index contributed by atoms with van der Waals surface area (Å²) < 4.78 is 3.03. The van der Waals surface area contributed by atoms with Gasteiger partial charge in [-0.3, -0.25) is 23.5 Å². The third-order valence-corrected chi connectivity index (χ3v) is 5.74. The Balaban J connectivity index is 1.91. The Morgan fingerprint density at radius 3 is 2.50 bits per heavy atom. The summed E-state index contributed by atoms with van der Waals surface area (Å²) in [5, 5.41) is 1.75. The zero-order valence-corrected chi connectivity index (χ0v) is 15.6. The molecule has 140 valence electrons. The summed E-state index contributed by atoms with van der Waals surface area (Å²) in [6.07, 6.45) is 1.07. The number of fused-ring (bicyclic) bond motifs is 1. The maximum absolute atomic E-state index is 12.8. The number of hydrogen-bond acceptors (Lipinski definition) is 5. The number of primary amides is 1. The zero-order valence-electron chi connectivity index (χ0n) is 14.8. The van der Waals surface area contributed by atoms with E-state index in [2.05, 4.69) is 0 Å². The highest BCUT2D eigenvalue weighted by Gasteiger charge is 2.27. The van der Waals surface area contributed by atoms with Crippen molar-refractivity contribution in [3.05, 3.63) is 32.3 Å². The van der Waals surface area contributed by atoms with Gasteiger partial charge in [0.25, 0.3) is 5.56 Å². The Bertz CT molecular complexity index is 963. The van der Waals surface area contributed by atoms with Crippen molar-refractivity contribution in [1.82, 2.24) is 14.0 Å². The van der Waals surface area contributed by atoms with Crippen molar-refractivity contribution in [2.45, 2.75) is 39.3 Å². The summed E-state index contributed by atoms with van der Waals surface area (Å²) in [6, 6.07) is 1.40. The van der Waals surface area contributed by atoms with E-state index in [4.69, 9.17) is 5.73 Å². The van der Waals surface area contributed by atoms with Crippen molar-refractivity contribution in [1.29, 1.82) is 0 Å². The summed E-state index contributed by atoms with van der Waals surface area (Å²) in [6.45, 7) is 4.29. The second-order valence-electron chi connectivity index (χ2n) is 6.83. The average molecular weight is 378 g/mol. The maximum atomic E-state index is 12.8. The van der Waals surface area contributed by atoms with Crippen LogP contribution < -0.4 is 17.0 Å². The summed E-state index contributed by atoms with van der Waals surface area (Å²) in [5.41, 5.74) is 5.02. The normalized spacial score (nSPS) is 15.7. The third kappa shape index (κ3) is 3.18. The van der Waals surface area contributed by atoms with Gasteiger partial charge < -0.3 is 10.6 Å². The number of carbonyl (C=O) groups excluding carboxylic acids is 2. The number of nitrogens with zero attached hydrogens (tertiary/aromatic N) is 3. The van der Waals surface area contributed by atoms with E-state index < -0.39 is 5.69 Å². The fourth-order valence-electron chi connectivity index (χ4n) is 3.36. The summed E-state index contributed by atoms with van der Waals surface area (Å²) in [5.74, 6) is -0.734. The molecule has 1 aliphatic heterocycles. The lowest BCUT2D eigenvalue weighted by molar-refractivity contribution is -0.135. The summed E-state index contributed by atoms with van der Waals surface area (Å²) in [4.78, 5) is 50.9. The van der Waals surface area contributed by atoms with Crippen LogP contribution in [-0.4, -0.2) is 38.9 Å². The molecule has 26 heavy (non-hydrogen) atoms. The van der Waals surface area contributed by atoms with Crippen molar-refractivity contribution in [2.24, 2.45) is 11.7 Å². The van der Waals surface area contributed by atoms with E-state index in [9.17, 15) is 19.2 Å². The molecule has 0 radical (unpaired) electrons. The number of nitrogens with two attached hydrogens (primary N) is 1. The number of carbonyl (C=O) groups is 2. The monoisotopic (exact) mass is 378 g/mol. The Kier molecular flexibility index (Phi) is 4.99. The van der Waals surface area contributed by atoms with Crippen molar-refractivity contribution in [3.8, 4) is 0 Å². The van der Waals surface area contributed by atoms with Gasteiger partial charge in [0.1, 0.15) is 11.2 Å². The number of rotatable bonds is 4. The summed E-state index contributed by atoms with van der Waals surface area (Å²) in [7, 11) is 0. The van der Waals surface area contributed by atoms with Gasteiger partial charge in [0.2, 0.25) is 11.8 Å². The molecule has 1 saturated heterocycles. The van der Waals surface area contributed by atoms with E-state index in [0.717, 1.165) is 0 Å². The molecule has 0 spiro atoms. The molecule has 2 N–H and O–H groups in total. The standard InChI is InChI=1S/C17H22N4O4S/c1-10(2)21-16(24)14-12(5-8-26-14)20(17(21)25)9-13(22)19-6-3-11(4-7-19)15(18)23/h5,8,10-11H,3-4,6-7,9H2,1-2H3,(H2,18,23). The largest absolute Gasteiger partial charge is 0.369 e.